The lowest BCUT2D eigenvalue weighted by atomic mass is 9.91. The van der Waals surface area contributed by atoms with Crippen LogP contribution in [0.5, 0.6) is 0 Å². The maximum atomic E-state index is 6.46. The fourth-order valence-electron chi connectivity index (χ4n) is 6.41. The first-order valence-corrected chi connectivity index (χ1v) is 15.1. The Bertz CT molecular complexity index is 2420. The van der Waals surface area contributed by atoms with E-state index >= 15 is 0 Å². The van der Waals surface area contributed by atoms with Crippen molar-refractivity contribution < 1.29 is 4.42 Å². The summed E-state index contributed by atoms with van der Waals surface area (Å²) in [6.07, 6.45) is 8.22. The minimum absolute atomic E-state index is 0.743. The van der Waals surface area contributed by atoms with E-state index < -0.39 is 0 Å². The number of furan rings is 1. The van der Waals surface area contributed by atoms with Crippen LogP contribution in [0.1, 0.15) is 24.1 Å². The van der Waals surface area contributed by atoms with Crippen molar-refractivity contribution in [1.29, 1.82) is 0 Å². The summed E-state index contributed by atoms with van der Waals surface area (Å²) in [5.74, 6) is 0. The van der Waals surface area contributed by atoms with Crippen LogP contribution in [-0.4, -0.2) is 9.97 Å². The van der Waals surface area contributed by atoms with E-state index in [-0.39, 0.29) is 0 Å². The molecule has 1 aliphatic carbocycles. The molecular weight excluding hydrogens is 532 g/mol. The van der Waals surface area contributed by atoms with Gasteiger partial charge in [0.2, 0.25) is 0 Å². The molecule has 0 saturated heterocycles. The molecule has 3 heterocycles. The maximum absolute atomic E-state index is 6.46. The summed E-state index contributed by atoms with van der Waals surface area (Å²) in [4.78, 5) is 9.45. The normalized spacial score (nSPS) is 13.8. The van der Waals surface area contributed by atoms with E-state index in [1.807, 2.05) is 11.3 Å². The zero-order valence-electron chi connectivity index (χ0n) is 22.7. The minimum atomic E-state index is 0.743. The monoisotopic (exact) mass is 556 g/mol. The van der Waals surface area contributed by atoms with Gasteiger partial charge in [-0.2, -0.15) is 0 Å². The zero-order chi connectivity index (χ0) is 27.6. The fraction of sp³-hybridized carbons (Fsp3) is 0.0526. The second kappa shape index (κ2) is 9.23. The molecule has 0 atom stereocenters. The lowest BCUT2D eigenvalue weighted by Crippen LogP contribution is -1.96. The molecule has 0 amide bonds. The first-order valence-electron chi connectivity index (χ1n) is 14.3. The summed E-state index contributed by atoms with van der Waals surface area (Å²) in [7, 11) is 0. The van der Waals surface area contributed by atoms with Crippen LogP contribution in [0.3, 0.4) is 0 Å². The summed E-state index contributed by atoms with van der Waals surface area (Å²) >= 11 is 1.88. The summed E-state index contributed by atoms with van der Waals surface area (Å²) < 4.78 is 9.14. The van der Waals surface area contributed by atoms with Gasteiger partial charge in [0, 0.05) is 31.1 Å². The van der Waals surface area contributed by atoms with Gasteiger partial charge in [0.05, 0.1) is 0 Å². The quantitative estimate of drug-likeness (QED) is 0.217. The number of aromatic nitrogens is 2. The van der Waals surface area contributed by atoms with Crippen LogP contribution in [0.2, 0.25) is 0 Å². The van der Waals surface area contributed by atoms with Crippen molar-refractivity contribution >= 4 is 75.5 Å². The number of thiophene rings is 1. The molecule has 0 unspecified atom stereocenters. The highest BCUT2D eigenvalue weighted by atomic mass is 32.1. The molecule has 4 heteroatoms. The molecule has 5 aromatic carbocycles. The highest BCUT2D eigenvalue weighted by molar-refractivity contribution is 7.26. The Hall–Kier alpha value is -5.06. The Balaban J connectivity index is 1.16. The smallest absolute Gasteiger partial charge is 0.180 e. The molecule has 42 heavy (non-hydrogen) atoms. The number of nitrogens with zero attached hydrogens (tertiary/aromatic N) is 2. The molecule has 1 aliphatic rings. The van der Waals surface area contributed by atoms with Crippen molar-refractivity contribution in [2.45, 2.75) is 12.8 Å². The van der Waals surface area contributed by atoms with E-state index in [0.29, 0.717) is 0 Å². The third-order valence-electron chi connectivity index (χ3n) is 8.46. The standard InChI is InChI=1S/C38H24N2OS/c1-2-8-24-19-25(16-15-23(24)7-1)26-17-18-33-32(21-26)36-37(41-33)35(39-22-40-36)28-10-5-9-27(20-28)29-12-6-13-31-30-11-3-4-14-34(30)42-38(29)31/h1-4,6-8,10-22H,5,9H2. The zero-order valence-corrected chi connectivity index (χ0v) is 23.5. The molecule has 3 nitrogen and oxygen atoms in total. The van der Waals surface area contributed by atoms with Crippen LogP contribution in [0.15, 0.2) is 126 Å². The van der Waals surface area contributed by atoms with Gasteiger partial charge in [0.25, 0.3) is 0 Å². The Morgan fingerprint density at radius 1 is 0.690 bits per heavy atom. The van der Waals surface area contributed by atoms with E-state index in [0.717, 1.165) is 51.7 Å². The SMILES string of the molecule is C1=C(c2ncnc3c2oc2ccc(-c4ccc5ccccc5c4)cc23)C=C(c2cccc3c2sc2ccccc23)CC1. The molecule has 0 radical (unpaired) electrons. The van der Waals surface area contributed by atoms with Gasteiger partial charge in [-0.05, 0) is 76.2 Å². The van der Waals surface area contributed by atoms with Gasteiger partial charge in [-0.15, -0.1) is 11.3 Å². The third kappa shape index (κ3) is 3.65. The number of hydrogen-bond donors (Lipinski definition) is 0. The number of rotatable bonds is 3. The molecule has 8 aromatic rings. The van der Waals surface area contributed by atoms with Gasteiger partial charge in [0.15, 0.2) is 5.58 Å². The Morgan fingerprint density at radius 3 is 2.50 bits per heavy atom. The van der Waals surface area contributed by atoms with Gasteiger partial charge in [-0.25, -0.2) is 9.97 Å². The Kier molecular flexibility index (Phi) is 5.19. The average Bonchev–Trinajstić information content (AvgIpc) is 3.63. The van der Waals surface area contributed by atoms with Gasteiger partial charge >= 0.3 is 0 Å². The van der Waals surface area contributed by atoms with Crippen LogP contribution in [0, 0.1) is 0 Å². The fourth-order valence-corrected chi connectivity index (χ4v) is 7.66. The van der Waals surface area contributed by atoms with E-state index in [1.165, 1.54) is 47.6 Å². The van der Waals surface area contributed by atoms with E-state index in [9.17, 15) is 0 Å². The van der Waals surface area contributed by atoms with Gasteiger partial charge in [-0.3, -0.25) is 0 Å². The van der Waals surface area contributed by atoms with E-state index in [2.05, 4.69) is 115 Å². The maximum Gasteiger partial charge on any atom is 0.180 e. The highest BCUT2D eigenvalue weighted by Crippen LogP contribution is 2.42. The summed E-state index contributed by atoms with van der Waals surface area (Å²) in [5, 5.41) is 6.14. The molecule has 0 N–H and O–H groups in total. The molecule has 9 rings (SSSR count). The first-order chi connectivity index (χ1) is 20.8. The molecule has 0 bridgehead atoms. The van der Waals surface area contributed by atoms with Crippen molar-refractivity contribution in [3.8, 4) is 11.1 Å². The van der Waals surface area contributed by atoms with E-state index in [4.69, 9.17) is 14.4 Å². The van der Waals surface area contributed by atoms with Crippen LogP contribution in [-0.2, 0) is 0 Å². The second-order valence-electron chi connectivity index (χ2n) is 10.9. The number of benzene rings is 5. The summed E-state index contributed by atoms with van der Waals surface area (Å²) in [6.45, 7) is 0. The molecule has 0 fully saturated rings. The molecule has 0 saturated carbocycles. The topological polar surface area (TPSA) is 38.9 Å². The van der Waals surface area contributed by atoms with Crippen molar-refractivity contribution in [3.05, 3.63) is 133 Å². The van der Waals surface area contributed by atoms with Crippen LogP contribution in [0.25, 0.3) is 75.3 Å². The number of hydrogen-bond acceptors (Lipinski definition) is 4. The predicted octanol–water partition coefficient (Wildman–Crippen LogP) is 10.8. The Labute approximate surface area is 246 Å². The summed E-state index contributed by atoms with van der Waals surface area (Å²) in [6, 6.07) is 36.8. The van der Waals surface area contributed by atoms with Crippen molar-refractivity contribution in [2.24, 2.45) is 0 Å². The third-order valence-corrected chi connectivity index (χ3v) is 9.68. The lowest BCUT2D eigenvalue weighted by molar-refractivity contribution is 0.664. The highest BCUT2D eigenvalue weighted by Gasteiger charge is 2.20. The average molecular weight is 557 g/mol. The van der Waals surface area contributed by atoms with Crippen LogP contribution >= 0.6 is 11.3 Å². The predicted molar refractivity (Wildman–Crippen MR) is 177 cm³/mol. The van der Waals surface area contributed by atoms with Crippen molar-refractivity contribution in [1.82, 2.24) is 9.97 Å². The molecular formula is C38H24N2OS. The molecule has 0 aliphatic heterocycles. The van der Waals surface area contributed by atoms with Gasteiger partial charge in [-0.1, -0.05) is 84.9 Å². The van der Waals surface area contributed by atoms with E-state index in [1.54, 1.807) is 6.33 Å². The largest absolute Gasteiger partial charge is 0.452 e. The lowest BCUT2D eigenvalue weighted by Gasteiger charge is -2.15. The molecule has 198 valence electrons. The van der Waals surface area contributed by atoms with Crippen molar-refractivity contribution in [3.63, 3.8) is 0 Å². The van der Waals surface area contributed by atoms with Crippen molar-refractivity contribution in [2.75, 3.05) is 0 Å². The first kappa shape index (κ1) is 23.6. The molecule has 3 aromatic heterocycles. The number of allylic oxidation sites excluding steroid dienone is 4. The van der Waals surface area contributed by atoms with Gasteiger partial charge in [0.1, 0.15) is 23.1 Å². The minimum Gasteiger partial charge on any atom is -0.452 e. The Morgan fingerprint density at radius 2 is 1.52 bits per heavy atom. The molecule has 0 spiro atoms. The van der Waals surface area contributed by atoms with Gasteiger partial charge < -0.3 is 4.42 Å². The van der Waals surface area contributed by atoms with Crippen LogP contribution < -0.4 is 0 Å². The summed E-state index contributed by atoms with van der Waals surface area (Å²) in [5.41, 5.74) is 9.34. The van der Waals surface area contributed by atoms with Crippen LogP contribution in [0.4, 0.5) is 0 Å². The number of fused-ring (bicyclic) bond motifs is 7. The second-order valence-corrected chi connectivity index (χ2v) is 12.0.